The molecule has 1 aliphatic heterocycles. The molecule has 0 saturated carbocycles. The molecule has 0 saturated heterocycles. The van der Waals surface area contributed by atoms with Gasteiger partial charge in [0.2, 0.25) is 0 Å². The molecule has 1 atom stereocenters. The Morgan fingerprint density at radius 3 is 2.83 bits per heavy atom. The Morgan fingerprint density at radius 2 is 2.12 bits per heavy atom. The number of amides is 1. The van der Waals surface area contributed by atoms with Gasteiger partial charge in [-0.3, -0.25) is 4.90 Å². The minimum Gasteiger partial charge on any atom is -0.443 e. The summed E-state index contributed by atoms with van der Waals surface area (Å²) in [5.74, 6) is 0.426. The number of nitrogens with zero attached hydrogens (tertiary/aromatic N) is 2. The zero-order chi connectivity index (χ0) is 17.5. The maximum absolute atomic E-state index is 12.7. The standard InChI is InChI=1S/C19H24N2O2S/c1-12-6-8-16(21(11-12)18(22)23-19(3,4)5)14-7-9-17-15(10-14)13(2)20-24-17/h7-10,12H,6,11H2,1-5H3. The summed E-state index contributed by atoms with van der Waals surface area (Å²) in [4.78, 5) is 14.4. The number of aryl methyl sites for hydroxylation is 1. The lowest BCUT2D eigenvalue weighted by Crippen LogP contribution is -2.39. The van der Waals surface area contributed by atoms with Crippen LogP contribution in [0.15, 0.2) is 24.3 Å². The van der Waals surface area contributed by atoms with Crippen molar-refractivity contribution in [2.75, 3.05) is 6.54 Å². The Kier molecular flexibility index (Phi) is 4.38. The van der Waals surface area contributed by atoms with Crippen molar-refractivity contribution in [1.82, 2.24) is 9.27 Å². The van der Waals surface area contributed by atoms with Gasteiger partial charge in [-0.05, 0) is 69.3 Å². The number of hydrogen-bond donors (Lipinski definition) is 0. The number of allylic oxidation sites excluding steroid dienone is 1. The zero-order valence-electron chi connectivity index (χ0n) is 14.9. The lowest BCUT2D eigenvalue weighted by Gasteiger charge is -2.34. The molecule has 1 aromatic heterocycles. The minimum atomic E-state index is -0.499. The van der Waals surface area contributed by atoms with E-state index in [1.165, 1.54) is 16.2 Å². The summed E-state index contributed by atoms with van der Waals surface area (Å²) in [7, 11) is 0. The third kappa shape index (κ3) is 3.46. The van der Waals surface area contributed by atoms with Crippen molar-refractivity contribution >= 4 is 33.4 Å². The third-order valence-corrected chi connectivity index (χ3v) is 4.98. The summed E-state index contributed by atoms with van der Waals surface area (Å²) >= 11 is 1.51. The summed E-state index contributed by atoms with van der Waals surface area (Å²) in [5.41, 5.74) is 2.52. The molecule has 0 N–H and O–H groups in total. The van der Waals surface area contributed by atoms with E-state index in [9.17, 15) is 4.79 Å². The number of benzene rings is 1. The maximum Gasteiger partial charge on any atom is 0.414 e. The molecule has 0 radical (unpaired) electrons. The molecule has 3 rings (SSSR count). The van der Waals surface area contributed by atoms with Crippen molar-refractivity contribution < 1.29 is 9.53 Å². The Bertz CT molecular complexity index is 801. The van der Waals surface area contributed by atoms with Crippen molar-refractivity contribution in [3.8, 4) is 0 Å². The van der Waals surface area contributed by atoms with Crippen molar-refractivity contribution in [2.24, 2.45) is 5.92 Å². The summed E-state index contributed by atoms with van der Waals surface area (Å²) in [6.07, 6.45) is 2.84. The molecule has 5 heteroatoms. The minimum absolute atomic E-state index is 0.277. The van der Waals surface area contributed by atoms with Crippen molar-refractivity contribution in [3.05, 3.63) is 35.5 Å². The average molecular weight is 344 g/mol. The van der Waals surface area contributed by atoms with Gasteiger partial charge in [-0.25, -0.2) is 4.79 Å². The van der Waals surface area contributed by atoms with E-state index in [0.717, 1.165) is 28.8 Å². The van der Waals surface area contributed by atoms with Gasteiger partial charge in [0.25, 0.3) is 0 Å². The molecular weight excluding hydrogens is 320 g/mol. The Morgan fingerprint density at radius 1 is 1.38 bits per heavy atom. The van der Waals surface area contributed by atoms with Gasteiger partial charge < -0.3 is 4.74 Å². The summed E-state index contributed by atoms with van der Waals surface area (Å²) in [6, 6.07) is 6.29. The van der Waals surface area contributed by atoms with Gasteiger partial charge >= 0.3 is 6.09 Å². The molecule has 0 bridgehead atoms. The number of aromatic nitrogens is 1. The zero-order valence-corrected chi connectivity index (χ0v) is 15.7. The predicted molar refractivity (Wildman–Crippen MR) is 99.1 cm³/mol. The normalized spacial score (nSPS) is 18.6. The van der Waals surface area contributed by atoms with Crippen LogP contribution in [-0.4, -0.2) is 27.5 Å². The Balaban J connectivity index is 1.98. The van der Waals surface area contributed by atoms with Gasteiger partial charge in [-0.15, -0.1) is 0 Å². The monoisotopic (exact) mass is 344 g/mol. The van der Waals surface area contributed by atoms with Crippen LogP contribution < -0.4 is 0 Å². The fourth-order valence-electron chi connectivity index (χ4n) is 2.89. The second-order valence-corrected chi connectivity index (χ2v) is 8.31. The van der Waals surface area contributed by atoms with Crippen LogP contribution in [0.4, 0.5) is 4.79 Å². The van der Waals surface area contributed by atoms with Crippen LogP contribution >= 0.6 is 11.5 Å². The van der Waals surface area contributed by atoms with E-state index >= 15 is 0 Å². The summed E-state index contributed by atoms with van der Waals surface area (Å²) in [5, 5.41) is 1.15. The van der Waals surface area contributed by atoms with E-state index in [1.807, 2.05) is 27.7 Å². The lowest BCUT2D eigenvalue weighted by molar-refractivity contribution is 0.0327. The number of carbonyl (C=O) groups is 1. The fourth-order valence-corrected chi connectivity index (χ4v) is 3.66. The van der Waals surface area contributed by atoms with Crippen LogP contribution in [0.3, 0.4) is 0 Å². The largest absolute Gasteiger partial charge is 0.443 e. The van der Waals surface area contributed by atoms with Gasteiger partial charge in [0, 0.05) is 11.9 Å². The molecule has 2 heterocycles. The molecule has 0 fully saturated rings. The first-order chi connectivity index (χ1) is 11.2. The average Bonchev–Trinajstić information content (AvgIpc) is 2.86. The molecule has 1 aromatic carbocycles. The number of hydrogen-bond acceptors (Lipinski definition) is 4. The molecule has 128 valence electrons. The molecule has 24 heavy (non-hydrogen) atoms. The maximum atomic E-state index is 12.7. The second kappa shape index (κ2) is 6.20. The second-order valence-electron chi connectivity index (χ2n) is 7.50. The van der Waals surface area contributed by atoms with E-state index < -0.39 is 5.60 Å². The van der Waals surface area contributed by atoms with Crippen molar-refractivity contribution in [1.29, 1.82) is 0 Å². The SMILES string of the molecule is Cc1nsc2ccc(C3=CCC(C)CN3C(=O)OC(C)(C)C)cc12. The third-order valence-electron chi connectivity index (χ3n) is 4.06. The van der Waals surface area contributed by atoms with Crippen LogP contribution in [0.1, 0.15) is 45.4 Å². The topological polar surface area (TPSA) is 42.4 Å². The van der Waals surface area contributed by atoms with E-state index in [0.29, 0.717) is 12.5 Å². The molecule has 4 nitrogen and oxygen atoms in total. The summed E-state index contributed by atoms with van der Waals surface area (Å²) < 4.78 is 11.2. The van der Waals surface area contributed by atoms with E-state index in [1.54, 1.807) is 4.90 Å². The molecule has 0 spiro atoms. The predicted octanol–water partition coefficient (Wildman–Crippen LogP) is 5.22. The van der Waals surface area contributed by atoms with Gasteiger partial charge in [-0.1, -0.05) is 19.1 Å². The Hall–Kier alpha value is -1.88. The fraction of sp³-hybridized carbons (Fsp3) is 0.474. The first-order valence-corrected chi connectivity index (χ1v) is 9.09. The number of fused-ring (bicyclic) bond motifs is 1. The van der Waals surface area contributed by atoms with Gasteiger partial charge in [0.1, 0.15) is 5.60 Å². The molecule has 1 aliphatic rings. The van der Waals surface area contributed by atoms with Crippen LogP contribution in [0, 0.1) is 12.8 Å². The highest BCUT2D eigenvalue weighted by Gasteiger charge is 2.29. The Labute approximate surface area is 147 Å². The van der Waals surface area contributed by atoms with Crippen LogP contribution in [0.25, 0.3) is 15.8 Å². The summed E-state index contributed by atoms with van der Waals surface area (Å²) in [6.45, 7) is 10.5. The van der Waals surface area contributed by atoms with Crippen LogP contribution in [-0.2, 0) is 4.74 Å². The lowest BCUT2D eigenvalue weighted by atomic mass is 9.98. The highest BCUT2D eigenvalue weighted by molar-refractivity contribution is 7.13. The highest BCUT2D eigenvalue weighted by Crippen LogP contribution is 2.32. The molecule has 0 aliphatic carbocycles. The quantitative estimate of drug-likeness (QED) is 0.712. The first kappa shape index (κ1) is 17.0. The highest BCUT2D eigenvalue weighted by atomic mass is 32.1. The van der Waals surface area contributed by atoms with E-state index in [2.05, 4.69) is 35.6 Å². The van der Waals surface area contributed by atoms with E-state index in [-0.39, 0.29) is 6.09 Å². The van der Waals surface area contributed by atoms with Gasteiger partial charge in [0.15, 0.2) is 0 Å². The van der Waals surface area contributed by atoms with E-state index in [4.69, 9.17) is 4.74 Å². The number of rotatable bonds is 1. The molecular formula is C19H24N2O2S. The van der Waals surface area contributed by atoms with Gasteiger partial charge in [0.05, 0.1) is 16.1 Å². The molecule has 2 aromatic rings. The van der Waals surface area contributed by atoms with Crippen molar-refractivity contribution in [2.45, 2.75) is 46.6 Å². The van der Waals surface area contributed by atoms with Crippen LogP contribution in [0.5, 0.6) is 0 Å². The smallest absolute Gasteiger partial charge is 0.414 e. The first-order valence-electron chi connectivity index (χ1n) is 8.31. The number of carbonyl (C=O) groups excluding carboxylic acids is 1. The van der Waals surface area contributed by atoms with Gasteiger partial charge in [-0.2, -0.15) is 4.37 Å². The molecule has 1 amide bonds. The number of ether oxygens (including phenoxy) is 1. The van der Waals surface area contributed by atoms with Crippen molar-refractivity contribution in [3.63, 3.8) is 0 Å². The molecule has 1 unspecified atom stereocenters. The van der Waals surface area contributed by atoms with Crippen LogP contribution in [0.2, 0.25) is 0 Å².